The van der Waals surface area contributed by atoms with Crippen molar-refractivity contribution in [1.82, 2.24) is 15.2 Å². The van der Waals surface area contributed by atoms with E-state index in [9.17, 15) is 0 Å². The number of nitrogens with zero attached hydrogens (tertiary/aromatic N) is 3. The Morgan fingerprint density at radius 2 is 1.97 bits per heavy atom. The molecule has 0 amide bonds. The Bertz CT molecular complexity index is 641. The lowest BCUT2D eigenvalue weighted by Crippen LogP contribution is -2.47. The predicted molar refractivity (Wildman–Crippen MR) is 119 cm³/mol. The van der Waals surface area contributed by atoms with Crippen molar-refractivity contribution < 1.29 is 14.2 Å². The van der Waals surface area contributed by atoms with Crippen LogP contribution in [-0.2, 0) is 16.0 Å². The summed E-state index contributed by atoms with van der Waals surface area (Å²) in [7, 11) is 1.73. The molecule has 30 heavy (non-hydrogen) atoms. The molecule has 1 saturated carbocycles. The Morgan fingerprint density at radius 1 is 1.17 bits per heavy atom. The van der Waals surface area contributed by atoms with Crippen molar-refractivity contribution in [3.05, 3.63) is 23.9 Å². The Kier molecular flexibility index (Phi) is 9.70. The smallest absolute Gasteiger partial charge is 0.218 e. The van der Waals surface area contributed by atoms with E-state index in [1.807, 2.05) is 6.07 Å². The zero-order valence-electron chi connectivity index (χ0n) is 18.6. The lowest BCUT2D eigenvalue weighted by Gasteiger charge is -2.34. The number of aromatic nitrogens is 1. The van der Waals surface area contributed by atoms with E-state index in [0.29, 0.717) is 18.8 Å². The third-order valence-electron chi connectivity index (χ3n) is 5.75. The normalized spacial score (nSPS) is 18.7. The average Bonchev–Trinajstić information content (AvgIpc) is 3.29. The van der Waals surface area contributed by atoms with Crippen LogP contribution in [0, 0.1) is 0 Å². The van der Waals surface area contributed by atoms with Gasteiger partial charge >= 0.3 is 0 Å². The van der Waals surface area contributed by atoms with Gasteiger partial charge in [0.15, 0.2) is 5.96 Å². The van der Waals surface area contributed by atoms with Gasteiger partial charge in [0.05, 0.1) is 12.6 Å². The molecule has 0 unspecified atom stereocenters. The first-order chi connectivity index (χ1) is 14.8. The first kappa shape index (κ1) is 22.8. The Morgan fingerprint density at radius 3 is 2.70 bits per heavy atom. The van der Waals surface area contributed by atoms with Gasteiger partial charge in [0.25, 0.3) is 0 Å². The second kappa shape index (κ2) is 12.7. The number of likely N-dealkylation sites (tertiary alicyclic amines) is 1. The third-order valence-corrected chi connectivity index (χ3v) is 5.75. The maximum Gasteiger partial charge on any atom is 0.218 e. The van der Waals surface area contributed by atoms with Crippen LogP contribution < -0.4 is 10.1 Å². The topological polar surface area (TPSA) is 68.2 Å². The fourth-order valence-electron chi connectivity index (χ4n) is 4.09. The minimum Gasteiger partial charge on any atom is -0.474 e. The van der Waals surface area contributed by atoms with Crippen molar-refractivity contribution in [2.45, 2.75) is 70.6 Å². The number of methoxy groups -OCH3 is 1. The molecule has 0 atom stereocenters. The number of nitrogens with one attached hydrogen (secondary N) is 1. The molecule has 168 valence electrons. The van der Waals surface area contributed by atoms with Gasteiger partial charge in [-0.15, -0.1) is 0 Å². The molecular weight excluding hydrogens is 380 g/mol. The predicted octanol–water partition coefficient (Wildman–Crippen LogP) is 3.39. The Labute approximate surface area is 181 Å². The van der Waals surface area contributed by atoms with Crippen LogP contribution in [0.3, 0.4) is 0 Å². The van der Waals surface area contributed by atoms with Gasteiger partial charge in [-0.2, -0.15) is 0 Å². The lowest BCUT2D eigenvalue weighted by atomic mass is 10.1. The van der Waals surface area contributed by atoms with Gasteiger partial charge in [0, 0.05) is 51.7 Å². The molecule has 0 spiro atoms. The summed E-state index contributed by atoms with van der Waals surface area (Å²) in [6.07, 6.45) is 10.2. The van der Waals surface area contributed by atoms with Crippen LogP contribution in [0.4, 0.5) is 0 Å². The van der Waals surface area contributed by atoms with Crippen molar-refractivity contribution >= 4 is 5.96 Å². The number of piperidine rings is 1. The SMILES string of the molecule is CCNC(=NCc1cccnc1OC1CCCC1)N1CCC(OCCCOC)CC1. The second-order valence-electron chi connectivity index (χ2n) is 8.07. The van der Waals surface area contributed by atoms with Gasteiger partial charge in [-0.1, -0.05) is 6.07 Å². The summed E-state index contributed by atoms with van der Waals surface area (Å²) in [6, 6.07) is 4.04. The first-order valence-electron chi connectivity index (χ1n) is 11.5. The summed E-state index contributed by atoms with van der Waals surface area (Å²) in [5.41, 5.74) is 1.05. The van der Waals surface area contributed by atoms with Gasteiger partial charge < -0.3 is 24.4 Å². The molecule has 1 aromatic rings. The van der Waals surface area contributed by atoms with Gasteiger partial charge in [0.2, 0.25) is 5.88 Å². The first-order valence-corrected chi connectivity index (χ1v) is 11.5. The van der Waals surface area contributed by atoms with E-state index in [0.717, 1.165) is 82.4 Å². The molecule has 1 aliphatic heterocycles. The number of hydrogen-bond donors (Lipinski definition) is 1. The lowest BCUT2D eigenvalue weighted by molar-refractivity contribution is 0.00990. The number of hydrogen-bond acceptors (Lipinski definition) is 5. The van der Waals surface area contributed by atoms with Crippen LogP contribution in [0.25, 0.3) is 0 Å². The van der Waals surface area contributed by atoms with Crippen LogP contribution in [0.15, 0.2) is 23.3 Å². The average molecular weight is 419 g/mol. The summed E-state index contributed by atoms with van der Waals surface area (Å²) in [4.78, 5) is 11.7. The molecule has 3 rings (SSSR count). The van der Waals surface area contributed by atoms with Crippen molar-refractivity contribution in [2.24, 2.45) is 4.99 Å². The van der Waals surface area contributed by atoms with E-state index >= 15 is 0 Å². The van der Waals surface area contributed by atoms with Gasteiger partial charge in [-0.25, -0.2) is 9.98 Å². The molecule has 1 N–H and O–H groups in total. The highest BCUT2D eigenvalue weighted by Gasteiger charge is 2.22. The molecule has 7 heteroatoms. The zero-order valence-corrected chi connectivity index (χ0v) is 18.6. The molecule has 0 bridgehead atoms. The van der Waals surface area contributed by atoms with Gasteiger partial charge in [-0.3, -0.25) is 0 Å². The van der Waals surface area contributed by atoms with E-state index < -0.39 is 0 Å². The highest BCUT2D eigenvalue weighted by molar-refractivity contribution is 5.80. The quantitative estimate of drug-likeness (QED) is 0.357. The molecule has 0 aromatic carbocycles. The maximum atomic E-state index is 6.17. The standard InChI is InChI=1S/C23H38N4O3/c1-3-24-23(27-14-11-20(12-15-27)29-17-7-16-28-2)26-18-19-8-6-13-25-22(19)30-21-9-4-5-10-21/h6,8,13,20-21H,3-5,7,9-12,14-18H2,1-2H3,(H,24,26). The summed E-state index contributed by atoms with van der Waals surface area (Å²) in [5.74, 6) is 1.71. The van der Waals surface area contributed by atoms with Crippen molar-refractivity contribution in [2.75, 3.05) is 40.0 Å². The number of guanidine groups is 1. The van der Waals surface area contributed by atoms with E-state index in [1.165, 1.54) is 12.8 Å². The fraction of sp³-hybridized carbons (Fsp3) is 0.739. The number of rotatable bonds is 10. The largest absolute Gasteiger partial charge is 0.474 e. The Hall–Kier alpha value is -1.86. The van der Waals surface area contributed by atoms with Crippen LogP contribution >= 0.6 is 0 Å². The highest BCUT2D eigenvalue weighted by Crippen LogP contribution is 2.25. The van der Waals surface area contributed by atoms with Crippen molar-refractivity contribution in [3.8, 4) is 5.88 Å². The van der Waals surface area contributed by atoms with Crippen LogP contribution in [0.2, 0.25) is 0 Å². The van der Waals surface area contributed by atoms with E-state index in [1.54, 1.807) is 13.3 Å². The number of pyridine rings is 1. The molecule has 2 heterocycles. The number of aliphatic imine (C=N–C) groups is 1. The van der Waals surface area contributed by atoms with Crippen LogP contribution in [-0.4, -0.2) is 68.0 Å². The minimum absolute atomic E-state index is 0.304. The van der Waals surface area contributed by atoms with Crippen molar-refractivity contribution in [1.29, 1.82) is 0 Å². The number of ether oxygens (including phenoxy) is 3. The summed E-state index contributed by atoms with van der Waals surface area (Å²) in [5, 5.41) is 3.45. The van der Waals surface area contributed by atoms with Gasteiger partial charge in [0.1, 0.15) is 6.10 Å². The van der Waals surface area contributed by atoms with E-state index in [-0.39, 0.29) is 0 Å². The fourth-order valence-corrected chi connectivity index (χ4v) is 4.09. The van der Waals surface area contributed by atoms with Crippen molar-refractivity contribution in [3.63, 3.8) is 0 Å². The summed E-state index contributed by atoms with van der Waals surface area (Å²) < 4.78 is 17.3. The molecule has 1 aliphatic carbocycles. The van der Waals surface area contributed by atoms with Crippen LogP contribution in [0.5, 0.6) is 5.88 Å². The summed E-state index contributed by atoms with van der Waals surface area (Å²) >= 11 is 0. The van der Waals surface area contributed by atoms with E-state index in [2.05, 4.69) is 28.2 Å². The molecule has 1 aromatic heterocycles. The zero-order chi connectivity index (χ0) is 21.0. The second-order valence-corrected chi connectivity index (χ2v) is 8.07. The highest BCUT2D eigenvalue weighted by atomic mass is 16.5. The minimum atomic E-state index is 0.304. The molecular formula is C23H38N4O3. The molecule has 7 nitrogen and oxygen atoms in total. The molecule has 2 aliphatic rings. The van der Waals surface area contributed by atoms with Crippen LogP contribution in [0.1, 0.15) is 57.4 Å². The monoisotopic (exact) mass is 418 g/mol. The summed E-state index contributed by atoms with van der Waals surface area (Å²) in [6.45, 7) is 6.99. The molecule has 2 fully saturated rings. The maximum absolute atomic E-state index is 6.17. The van der Waals surface area contributed by atoms with Gasteiger partial charge in [-0.05, 0) is 57.9 Å². The molecule has 0 radical (unpaired) electrons. The van der Waals surface area contributed by atoms with E-state index in [4.69, 9.17) is 19.2 Å². The molecule has 1 saturated heterocycles. The third kappa shape index (κ3) is 7.13. The Balaban J connectivity index is 1.54.